The van der Waals surface area contributed by atoms with Gasteiger partial charge in [0.1, 0.15) is 11.5 Å². The van der Waals surface area contributed by atoms with E-state index >= 15 is 0 Å². The smallest absolute Gasteiger partial charge is 0.291 e. The second kappa shape index (κ2) is 12.1. The fourth-order valence-electron chi connectivity index (χ4n) is 1.93. The van der Waals surface area contributed by atoms with Gasteiger partial charge in [-0.3, -0.25) is 10.1 Å². The molecule has 138 valence electrons. The van der Waals surface area contributed by atoms with Crippen LogP contribution in [-0.4, -0.2) is 35.1 Å². The molecule has 1 heterocycles. The molecular formula is C15H24BrF2N3O3. The third kappa shape index (κ3) is 9.07. The second-order valence-electron chi connectivity index (χ2n) is 5.37. The zero-order valence-corrected chi connectivity index (χ0v) is 15.6. The van der Waals surface area contributed by atoms with Crippen LogP contribution in [0, 0.1) is 23.0 Å². The van der Waals surface area contributed by atoms with E-state index in [2.05, 4.69) is 26.2 Å². The molecule has 2 N–H and O–H groups in total. The van der Waals surface area contributed by atoms with Crippen molar-refractivity contribution < 1.29 is 18.8 Å². The maximum atomic E-state index is 11.7. The molecule has 0 saturated heterocycles. The quantitative estimate of drug-likeness (QED) is 0.483. The lowest BCUT2D eigenvalue weighted by atomic mass is 10.0. The Hall–Kier alpha value is -1.35. The first-order chi connectivity index (χ1) is 11.2. The molecule has 6 nitrogen and oxygen atoms in total. The molecule has 1 aromatic heterocycles. The number of aliphatic hydroxyl groups is 1. The highest BCUT2D eigenvalue weighted by Gasteiger charge is 2.14. The van der Waals surface area contributed by atoms with Crippen molar-refractivity contribution >= 4 is 27.4 Å². The SMILES string of the molecule is CNc1nc(C)c([N+](=O)[O-])cc1Br.C[C@@H](CCCO)CCC(F)F. The molecule has 0 unspecified atom stereocenters. The highest BCUT2D eigenvalue weighted by Crippen LogP contribution is 2.26. The number of hydrogen-bond donors (Lipinski definition) is 2. The average Bonchev–Trinajstić information content (AvgIpc) is 2.52. The summed E-state index contributed by atoms with van der Waals surface area (Å²) in [6, 6.07) is 1.44. The van der Waals surface area contributed by atoms with Crippen LogP contribution in [0.3, 0.4) is 0 Å². The summed E-state index contributed by atoms with van der Waals surface area (Å²) in [6.45, 7) is 3.71. The third-order valence-corrected chi connectivity index (χ3v) is 3.91. The van der Waals surface area contributed by atoms with Crippen LogP contribution in [0.2, 0.25) is 0 Å². The number of aromatic nitrogens is 1. The monoisotopic (exact) mass is 411 g/mol. The van der Waals surface area contributed by atoms with Gasteiger partial charge >= 0.3 is 0 Å². The molecule has 1 rings (SSSR count). The number of rotatable bonds is 8. The number of alkyl halides is 2. The Kier molecular flexibility index (Phi) is 11.4. The van der Waals surface area contributed by atoms with Gasteiger partial charge in [0.2, 0.25) is 6.43 Å². The van der Waals surface area contributed by atoms with Gasteiger partial charge in [-0.2, -0.15) is 0 Å². The standard InChI is InChI=1S/C8H16F2O.C7H8BrN3O2/c1-7(3-2-6-11)4-5-8(9)10;1-4-6(11(12)13)3-5(8)7(9-2)10-4/h7-8,11H,2-6H2,1H3;3H,1-2H3,(H,9,10)/t7-;/m0./s1. The third-order valence-electron chi connectivity index (χ3n) is 3.31. The van der Waals surface area contributed by atoms with Crippen molar-refractivity contribution in [2.75, 3.05) is 19.0 Å². The lowest BCUT2D eigenvalue weighted by Crippen LogP contribution is -2.00. The van der Waals surface area contributed by atoms with Gasteiger partial charge in [-0.05, 0) is 48.0 Å². The van der Waals surface area contributed by atoms with E-state index in [0.29, 0.717) is 28.3 Å². The Morgan fingerprint density at radius 3 is 2.50 bits per heavy atom. The van der Waals surface area contributed by atoms with Crippen LogP contribution in [0.5, 0.6) is 0 Å². The summed E-state index contributed by atoms with van der Waals surface area (Å²) >= 11 is 3.18. The van der Waals surface area contributed by atoms with Crippen molar-refractivity contribution in [3.63, 3.8) is 0 Å². The number of halogens is 3. The molecule has 0 spiro atoms. The molecule has 0 saturated carbocycles. The van der Waals surface area contributed by atoms with E-state index in [0.717, 1.165) is 12.8 Å². The molecule has 1 aromatic rings. The van der Waals surface area contributed by atoms with Gasteiger partial charge < -0.3 is 10.4 Å². The van der Waals surface area contributed by atoms with E-state index in [4.69, 9.17) is 5.11 Å². The molecule has 0 radical (unpaired) electrons. The van der Waals surface area contributed by atoms with E-state index < -0.39 is 11.3 Å². The molecule has 24 heavy (non-hydrogen) atoms. The fourth-order valence-corrected chi connectivity index (χ4v) is 2.43. The second-order valence-corrected chi connectivity index (χ2v) is 6.22. The van der Waals surface area contributed by atoms with E-state index in [1.807, 2.05) is 6.92 Å². The van der Waals surface area contributed by atoms with Gasteiger partial charge in [0.15, 0.2) is 0 Å². The van der Waals surface area contributed by atoms with Crippen LogP contribution < -0.4 is 5.32 Å². The number of nitrogens with zero attached hydrogens (tertiary/aromatic N) is 2. The van der Waals surface area contributed by atoms with Crippen molar-refractivity contribution in [3.8, 4) is 0 Å². The largest absolute Gasteiger partial charge is 0.396 e. The summed E-state index contributed by atoms with van der Waals surface area (Å²) < 4.78 is 23.9. The van der Waals surface area contributed by atoms with Crippen LogP contribution in [0.15, 0.2) is 10.5 Å². The lowest BCUT2D eigenvalue weighted by molar-refractivity contribution is -0.385. The fraction of sp³-hybridized carbons (Fsp3) is 0.667. The first-order valence-corrected chi connectivity index (χ1v) is 8.40. The van der Waals surface area contributed by atoms with Crippen LogP contribution in [-0.2, 0) is 0 Å². The molecule has 0 aliphatic carbocycles. The molecule has 9 heteroatoms. The summed E-state index contributed by atoms with van der Waals surface area (Å²) in [6.07, 6.45) is -0.0377. The number of aryl methyl sites for hydroxylation is 1. The number of aliphatic hydroxyl groups excluding tert-OH is 1. The van der Waals surface area contributed by atoms with Crippen molar-refractivity contribution in [3.05, 3.63) is 26.3 Å². The zero-order chi connectivity index (χ0) is 18.7. The Bertz CT molecular complexity index is 519. The van der Waals surface area contributed by atoms with E-state index in [1.54, 1.807) is 14.0 Å². The van der Waals surface area contributed by atoms with Gasteiger partial charge in [-0.15, -0.1) is 0 Å². The number of nitrogens with one attached hydrogen (secondary N) is 1. The number of pyridine rings is 1. The van der Waals surface area contributed by atoms with Gasteiger partial charge in [0.05, 0.1) is 9.40 Å². The number of anilines is 1. The maximum Gasteiger partial charge on any atom is 0.291 e. The maximum absolute atomic E-state index is 11.7. The van der Waals surface area contributed by atoms with Crippen LogP contribution in [0.4, 0.5) is 20.3 Å². The molecule has 0 aliphatic heterocycles. The summed E-state index contributed by atoms with van der Waals surface area (Å²) in [5.41, 5.74) is 0.420. The van der Waals surface area contributed by atoms with Crippen LogP contribution >= 0.6 is 15.9 Å². The minimum atomic E-state index is -2.17. The molecule has 0 aliphatic rings. The van der Waals surface area contributed by atoms with Gasteiger partial charge in [0, 0.05) is 26.1 Å². The van der Waals surface area contributed by atoms with E-state index in [9.17, 15) is 18.9 Å². The Balaban J connectivity index is 0.000000449. The van der Waals surface area contributed by atoms with Gasteiger partial charge in [-0.25, -0.2) is 13.8 Å². The van der Waals surface area contributed by atoms with Gasteiger partial charge in [0.25, 0.3) is 5.69 Å². The normalized spacial score (nSPS) is 11.7. The lowest BCUT2D eigenvalue weighted by Gasteiger charge is -2.08. The summed E-state index contributed by atoms with van der Waals surface area (Å²) in [4.78, 5) is 14.1. The predicted octanol–water partition coefficient (Wildman–Crippen LogP) is 4.54. The van der Waals surface area contributed by atoms with E-state index in [-0.39, 0.29) is 18.7 Å². The topological polar surface area (TPSA) is 88.3 Å². The highest BCUT2D eigenvalue weighted by atomic mass is 79.9. The van der Waals surface area contributed by atoms with Crippen LogP contribution in [0.1, 0.15) is 38.3 Å². The summed E-state index contributed by atoms with van der Waals surface area (Å²) in [5.74, 6) is 0.916. The molecule has 1 atom stereocenters. The van der Waals surface area contributed by atoms with E-state index in [1.165, 1.54) is 6.07 Å². The van der Waals surface area contributed by atoms with Gasteiger partial charge in [-0.1, -0.05) is 6.92 Å². The summed E-state index contributed by atoms with van der Waals surface area (Å²) in [7, 11) is 1.71. The Morgan fingerprint density at radius 2 is 2.04 bits per heavy atom. The molecule has 0 fully saturated rings. The molecule has 0 aromatic carbocycles. The molecule has 0 amide bonds. The van der Waals surface area contributed by atoms with Crippen molar-refractivity contribution in [2.24, 2.45) is 5.92 Å². The Morgan fingerprint density at radius 1 is 1.42 bits per heavy atom. The first-order valence-electron chi connectivity index (χ1n) is 7.61. The van der Waals surface area contributed by atoms with Crippen LogP contribution in [0.25, 0.3) is 0 Å². The minimum Gasteiger partial charge on any atom is -0.396 e. The average molecular weight is 412 g/mol. The number of nitro groups is 1. The highest BCUT2D eigenvalue weighted by molar-refractivity contribution is 9.10. The first kappa shape index (κ1) is 22.6. The van der Waals surface area contributed by atoms with Crippen molar-refractivity contribution in [1.29, 1.82) is 0 Å². The summed E-state index contributed by atoms with van der Waals surface area (Å²) in [5, 5.41) is 21.8. The predicted molar refractivity (Wildman–Crippen MR) is 93.6 cm³/mol. The minimum absolute atomic E-state index is 0.00735. The molecular weight excluding hydrogens is 388 g/mol. The van der Waals surface area contributed by atoms with Crippen molar-refractivity contribution in [1.82, 2.24) is 4.98 Å². The number of hydrogen-bond acceptors (Lipinski definition) is 5. The van der Waals surface area contributed by atoms with Crippen molar-refractivity contribution in [2.45, 2.75) is 46.0 Å². The zero-order valence-electron chi connectivity index (χ0n) is 14.1. The Labute approximate surface area is 149 Å². The molecule has 0 bridgehead atoms.